The zero-order valence-corrected chi connectivity index (χ0v) is 16.3. The lowest BCUT2D eigenvalue weighted by Gasteiger charge is -2.04. The third-order valence-electron chi connectivity index (χ3n) is 3.72. The molecular weight excluding hydrogens is 388 g/mol. The van der Waals surface area contributed by atoms with Crippen LogP contribution in [0.2, 0.25) is 0 Å². The minimum atomic E-state index is 0. The maximum Gasteiger partial charge on any atom is 0.173 e. The normalized spacial score (nSPS) is 10.5. The number of methoxy groups -OCH3 is 1. The zero-order chi connectivity index (χ0) is 16.4. The number of halogens is 1. The fraction of sp³-hybridized carbons (Fsp3) is 0.222. The molecule has 3 aromatic rings. The molecule has 1 heterocycles. The number of ketones is 1. The third kappa shape index (κ3) is 3.82. The van der Waals surface area contributed by atoms with Gasteiger partial charge in [-0.25, -0.2) is 4.98 Å². The Bertz CT molecular complexity index is 877. The summed E-state index contributed by atoms with van der Waals surface area (Å²) in [6.07, 6.45) is 0. The van der Waals surface area contributed by atoms with Crippen molar-refractivity contribution in [3.05, 3.63) is 53.6 Å². The number of carbonyl (C=O) groups is 1. The zero-order valence-electron chi connectivity index (χ0n) is 13.8. The van der Waals surface area contributed by atoms with E-state index in [0.717, 1.165) is 16.2 Å². The molecule has 0 bridgehead atoms. The van der Waals surface area contributed by atoms with Gasteiger partial charge in [0.05, 0.1) is 23.9 Å². The molecular formula is C18H19BrN2O2S. The third-order valence-corrected chi connectivity index (χ3v) is 4.75. The molecule has 2 aromatic carbocycles. The summed E-state index contributed by atoms with van der Waals surface area (Å²) in [4.78, 5) is 17.0. The van der Waals surface area contributed by atoms with Crippen LogP contribution in [0.25, 0.3) is 11.0 Å². The van der Waals surface area contributed by atoms with Gasteiger partial charge >= 0.3 is 0 Å². The Morgan fingerprint density at radius 3 is 2.79 bits per heavy atom. The standard InChI is InChI=1S/C18H18N2O2S.BrH/c1-12-7-8-16-15(9-12)19-18(20(16)2)23-11-17(21)13-5-4-6-14(10-13)22-3;/h4-10H,11H2,1-3H3;1H. The van der Waals surface area contributed by atoms with E-state index in [4.69, 9.17) is 4.74 Å². The minimum absolute atomic E-state index is 0. The second-order valence-electron chi connectivity index (χ2n) is 5.39. The van der Waals surface area contributed by atoms with Crippen LogP contribution in [-0.2, 0) is 7.05 Å². The first kappa shape index (κ1) is 18.5. The van der Waals surface area contributed by atoms with Crippen LogP contribution in [0.1, 0.15) is 15.9 Å². The van der Waals surface area contributed by atoms with Crippen molar-refractivity contribution in [1.29, 1.82) is 0 Å². The lowest BCUT2D eigenvalue weighted by Crippen LogP contribution is -2.04. The van der Waals surface area contributed by atoms with Gasteiger partial charge in [0.2, 0.25) is 0 Å². The number of hydrogen-bond acceptors (Lipinski definition) is 4. The van der Waals surface area contributed by atoms with Gasteiger partial charge in [0.25, 0.3) is 0 Å². The van der Waals surface area contributed by atoms with Crippen molar-refractivity contribution in [2.24, 2.45) is 7.05 Å². The quantitative estimate of drug-likeness (QED) is 0.463. The Morgan fingerprint density at radius 2 is 2.04 bits per heavy atom. The molecule has 6 heteroatoms. The minimum Gasteiger partial charge on any atom is -0.497 e. The van der Waals surface area contributed by atoms with E-state index in [-0.39, 0.29) is 22.8 Å². The van der Waals surface area contributed by atoms with Crippen LogP contribution < -0.4 is 4.74 Å². The molecule has 1 aromatic heterocycles. The fourth-order valence-electron chi connectivity index (χ4n) is 2.43. The van der Waals surface area contributed by atoms with E-state index in [1.165, 1.54) is 17.3 Å². The van der Waals surface area contributed by atoms with Gasteiger partial charge in [0.15, 0.2) is 10.9 Å². The highest BCUT2D eigenvalue weighted by Crippen LogP contribution is 2.24. The highest BCUT2D eigenvalue weighted by molar-refractivity contribution is 8.93. The molecule has 0 amide bonds. The van der Waals surface area contributed by atoms with Crippen LogP contribution in [0.15, 0.2) is 47.6 Å². The molecule has 0 radical (unpaired) electrons. The molecule has 0 aliphatic carbocycles. The molecule has 0 saturated carbocycles. The largest absolute Gasteiger partial charge is 0.497 e. The number of hydrogen-bond donors (Lipinski definition) is 0. The Hall–Kier alpha value is -1.79. The van der Waals surface area contributed by atoms with Gasteiger partial charge in [-0.1, -0.05) is 30.0 Å². The SMILES string of the molecule is Br.COc1cccc(C(=O)CSc2nc3cc(C)ccc3n2C)c1. The van der Waals surface area contributed by atoms with Crippen molar-refractivity contribution >= 4 is 45.6 Å². The number of aryl methyl sites for hydroxylation is 2. The second-order valence-corrected chi connectivity index (χ2v) is 6.33. The summed E-state index contributed by atoms with van der Waals surface area (Å²) < 4.78 is 7.19. The van der Waals surface area contributed by atoms with Crippen LogP contribution in [0.5, 0.6) is 5.75 Å². The van der Waals surface area contributed by atoms with E-state index in [0.29, 0.717) is 17.1 Å². The van der Waals surface area contributed by atoms with Crippen molar-refractivity contribution in [3.8, 4) is 5.75 Å². The van der Waals surface area contributed by atoms with E-state index < -0.39 is 0 Å². The predicted octanol–water partition coefficient (Wildman–Crippen LogP) is 4.44. The van der Waals surface area contributed by atoms with Gasteiger partial charge in [-0.05, 0) is 36.8 Å². The van der Waals surface area contributed by atoms with Gasteiger partial charge < -0.3 is 9.30 Å². The average Bonchev–Trinajstić information content (AvgIpc) is 2.88. The summed E-state index contributed by atoms with van der Waals surface area (Å²) >= 11 is 1.46. The molecule has 0 fully saturated rings. The Balaban J connectivity index is 0.00000208. The van der Waals surface area contributed by atoms with E-state index in [2.05, 4.69) is 23.2 Å². The first-order chi connectivity index (χ1) is 11.1. The first-order valence-electron chi connectivity index (χ1n) is 7.31. The van der Waals surface area contributed by atoms with Crippen molar-refractivity contribution in [1.82, 2.24) is 9.55 Å². The van der Waals surface area contributed by atoms with Gasteiger partial charge in [-0.2, -0.15) is 0 Å². The van der Waals surface area contributed by atoms with E-state index in [1.807, 2.05) is 36.7 Å². The maximum absolute atomic E-state index is 12.4. The number of ether oxygens (including phenoxy) is 1. The molecule has 0 saturated heterocycles. The number of carbonyl (C=O) groups excluding carboxylic acids is 1. The first-order valence-corrected chi connectivity index (χ1v) is 8.30. The van der Waals surface area contributed by atoms with Crippen LogP contribution >= 0.6 is 28.7 Å². The highest BCUT2D eigenvalue weighted by Gasteiger charge is 2.12. The number of imidazole rings is 1. The molecule has 0 N–H and O–H groups in total. The molecule has 24 heavy (non-hydrogen) atoms. The molecule has 0 aliphatic rings. The predicted molar refractivity (Wildman–Crippen MR) is 104 cm³/mol. The molecule has 0 aliphatic heterocycles. The van der Waals surface area contributed by atoms with E-state index >= 15 is 0 Å². The summed E-state index contributed by atoms with van der Waals surface area (Å²) in [5.74, 6) is 1.11. The van der Waals surface area contributed by atoms with Crippen LogP contribution in [-0.4, -0.2) is 28.2 Å². The molecule has 0 unspecified atom stereocenters. The number of nitrogens with zero attached hydrogens (tertiary/aromatic N) is 2. The van der Waals surface area contributed by atoms with Crippen molar-refractivity contribution < 1.29 is 9.53 Å². The number of benzene rings is 2. The molecule has 126 valence electrons. The molecule has 0 spiro atoms. The van der Waals surface area contributed by atoms with Gasteiger partial charge in [0.1, 0.15) is 5.75 Å². The fourth-order valence-corrected chi connectivity index (χ4v) is 3.31. The Kier molecular flexibility index (Phi) is 6.07. The Morgan fingerprint density at radius 1 is 1.25 bits per heavy atom. The number of thioether (sulfide) groups is 1. The monoisotopic (exact) mass is 406 g/mol. The topological polar surface area (TPSA) is 44.1 Å². The van der Waals surface area contributed by atoms with Gasteiger partial charge in [-0.15, -0.1) is 17.0 Å². The van der Waals surface area contributed by atoms with Crippen LogP contribution in [0.3, 0.4) is 0 Å². The van der Waals surface area contributed by atoms with E-state index in [9.17, 15) is 4.79 Å². The smallest absolute Gasteiger partial charge is 0.173 e. The molecule has 0 atom stereocenters. The molecule has 4 nitrogen and oxygen atoms in total. The van der Waals surface area contributed by atoms with Crippen molar-refractivity contribution in [3.63, 3.8) is 0 Å². The van der Waals surface area contributed by atoms with Gasteiger partial charge in [0, 0.05) is 12.6 Å². The van der Waals surface area contributed by atoms with Crippen molar-refractivity contribution in [2.45, 2.75) is 12.1 Å². The number of rotatable bonds is 5. The summed E-state index contributed by atoms with van der Waals surface area (Å²) in [5, 5.41) is 0.849. The van der Waals surface area contributed by atoms with Gasteiger partial charge in [-0.3, -0.25) is 4.79 Å². The number of aromatic nitrogens is 2. The summed E-state index contributed by atoms with van der Waals surface area (Å²) in [6, 6.07) is 13.4. The summed E-state index contributed by atoms with van der Waals surface area (Å²) in [6.45, 7) is 2.05. The summed E-state index contributed by atoms with van der Waals surface area (Å²) in [5.41, 5.74) is 3.88. The summed E-state index contributed by atoms with van der Waals surface area (Å²) in [7, 11) is 3.57. The number of Topliss-reactive ketones (excluding diaryl/α,β-unsaturated/α-hetero) is 1. The van der Waals surface area contributed by atoms with Crippen LogP contribution in [0.4, 0.5) is 0 Å². The average molecular weight is 407 g/mol. The second kappa shape index (κ2) is 7.85. The number of fused-ring (bicyclic) bond motifs is 1. The highest BCUT2D eigenvalue weighted by atomic mass is 79.9. The molecule has 3 rings (SSSR count). The van der Waals surface area contributed by atoms with E-state index in [1.54, 1.807) is 13.2 Å². The lowest BCUT2D eigenvalue weighted by molar-refractivity contribution is 0.102. The van der Waals surface area contributed by atoms with Crippen LogP contribution in [0, 0.1) is 6.92 Å². The lowest BCUT2D eigenvalue weighted by atomic mass is 10.1. The van der Waals surface area contributed by atoms with Crippen molar-refractivity contribution in [2.75, 3.05) is 12.9 Å². The maximum atomic E-state index is 12.4. The Labute approximate surface area is 156 Å².